The second-order valence-electron chi connectivity index (χ2n) is 5.85. The number of hydrogen-bond acceptors (Lipinski definition) is 4. The van der Waals surface area contributed by atoms with Gasteiger partial charge in [0, 0.05) is 24.1 Å². The van der Waals surface area contributed by atoms with Gasteiger partial charge in [-0.3, -0.25) is 4.79 Å². The van der Waals surface area contributed by atoms with Crippen molar-refractivity contribution in [2.75, 3.05) is 16.8 Å². The minimum absolute atomic E-state index is 0.0374. The zero-order chi connectivity index (χ0) is 20.1. The maximum atomic E-state index is 12.8. The number of hydrogen-bond donors (Lipinski definition) is 1. The number of anilines is 3. The van der Waals surface area contributed by atoms with E-state index in [1.807, 2.05) is 42.2 Å². The lowest BCUT2D eigenvalue weighted by Crippen LogP contribution is -2.21. The fourth-order valence-corrected chi connectivity index (χ4v) is 2.62. The lowest BCUT2D eigenvalue weighted by atomic mass is 10.2. The lowest BCUT2D eigenvalue weighted by Gasteiger charge is -2.21. The molecule has 0 saturated carbocycles. The first-order valence-electron chi connectivity index (χ1n) is 8.52. The highest BCUT2D eigenvalue weighted by atomic mass is 19.4. The molecule has 2 aromatic carbocycles. The molecule has 8 heteroatoms. The number of amides is 1. The van der Waals surface area contributed by atoms with Crippen molar-refractivity contribution < 1.29 is 18.0 Å². The summed E-state index contributed by atoms with van der Waals surface area (Å²) in [4.78, 5) is 22.8. The largest absolute Gasteiger partial charge is 0.416 e. The van der Waals surface area contributed by atoms with Gasteiger partial charge in [0.15, 0.2) is 0 Å². The number of alkyl halides is 3. The van der Waals surface area contributed by atoms with E-state index in [2.05, 4.69) is 15.3 Å². The molecule has 1 heterocycles. The zero-order valence-corrected chi connectivity index (χ0v) is 14.9. The van der Waals surface area contributed by atoms with Gasteiger partial charge in [0.05, 0.1) is 5.56 Å². The first-order chi connectivity index (χ1) is 13.4. The molecule has 0 saturated heterocycles. The molecular formula is C20H17F3N4O. The van der Waals surface area contributed by atoms with Gasteiger partial charge in [-0.25, -0.2) is 9.97 Å². The van der Waals surface area contributed by atoms with Crippen molar-refractivity contribution in [3.05, 3.63) is 78.1 Å². The summed E-state index contributed by atoms with van der Waals surface area (Å²) in [5.41, 5.74) is 0.113. The van der Waals surface area contributed by atoms with Crippen LogP contribution in [0.5, 0.6) is 0 Å². The molecule has 1 amide bonds. The van der Waals surface area contributed by atoms with Crippen LogP contribution in [0.25, 0.3) is 0 Å². The van der Waals surface area contributed by atoms with Gasteiger partial charge in [0.25, 0.3) is 5.91 Å². The van der Waals surface area contributed by atoms with Crippen LogP contribution in [0.1, 0.15) is 23.0 Å². The molecule has 0 bridgehead atoms. The molecule has 28 heavy (non-hydrogen) atoms. The predicted molar refractivity (Wildman–Crippen MR) is 101 cm³/mol. The molecular weight excluding hydrogens is 369 g/mol. The summed E-state index contributed by atoms with van der Waals surface area (Å²) >= 11 is 0. The first kappa shape index (κ1) is 19.3. The third-order valence-corrected chi connectivity index (χ3v) is 3.95. The smallest absolute Gasteiger partial charge is 0.321 e. The van der Waals surface area contributed by atoms with Crippen molar-refractivity contribution >= 4 is 23.2 Å². The fraction of sp³-hybridized carbons (Fsp3) is 0.150. The van der Waals surface area contributed by atoms with Gasteiger partial charge in [-0.1, -0.05) is 24.3 Å². The Morgan fingerprint density at radius 3 is 2.50 bits per heavy atom. The number of carbonyl (C=O) groups is 1. The van der Waals surface area contributed by atoms with E-state index < -0.39 is 17.6 Å². The highest BCUT2D eigenvalue weighted by molar-refractivity contribution is 6.03. The molecule has 0 unspecified atom stereocenters. The molecule has 0 aliphatic carbocycles. The van der Waals surface area contributed by atoms with Crippen molar-refractivity contribution in [3.63, 3.8) is 0 Å². The third-order valence-electron chi connectivity index (χ3n) is 3.95. The Labute approximate surface area is 159 Å². The highest BCUT2D eigenvalue weighted by Gasteiger charge is 2.30. The van der Waals surface area contributed by atoms with Gasteiger partial charge in [0.2, 0.25) is 5.95 Å². The van der Waals surface area contributed by atoms with Gasteiger partial charge in [-0.2, -0.15) is 13.2 Å². The van der Waals surface area contributed by atoms with E-state index in [4.69, 9.17) is 0 Å². The Balaban J connectivity index is 1.83. The standard InChI is InChI=1S/C20H17F3N4O/c1-2-27(16-9-4-3-5-10-16)19-24-12-11-17(26-19)18(28)25-15-8-6-7-14(13-15)20(21,22)23/h3-13H,2H2,1H3,(H,25,28). The number of halogens is 3. The minimum Gasteiger partial charge on any atom is -0.321 e. The number of carbonyl (C=O) groups excluding carboxylic acids is 1. The van der Waals surface area contributed by atoms with Gasteiger partial charge < -0.3 is 10.2 Å². The van der Waals surface area contributed by atoms with E-state index in [0.29, 0.717) is 12.5 Å². The topological polar surface area (TPSA) is 58.1 Å². The van der Waals surface area contributed by atoms with Crippen LogP contribution >= 0.6 is 0 Å². The van der Waals surface area contributed by atoms with E-state index >= 15 is 0 Å². The molecule has 5 nitrogen and oxygen atoms in total. The second kappa shape index (κ2) is 8.08. The highest BCUT2D eigenvalue weighted by Crippen LogP contribution is 2.30. The predicted octanol–water partition coefficient (Wildman–Crippen LogP) is 4.91. The average Bonchev–Trinajstić information content (AvgIpc) is 2.69. The number of nitrogens with one attached hydrogen (secondary N) is 1. The van der Waals surface area contributed by atoms with Crippen molar-refractivity contribution in [3.8, 4) is 0 Å². The van der Waals surface area contributed by atoms with E-state index in [1.165, 1.54) is 24.4 Å². The molecule has 0 fully saturated rings. The molecule has 0 aliphatic rings. The van der Waals surface area contributed by atoms with Crippen molar-refractivity contribution in [1.82, 2.24) is 9.97 Å². The van der Waals surface area contributed by atoms with Crippen molar-refractivity contribution in [2.24, 2.45) is 0 Å². The lowest BCUT2D eigenvalue weighted by molar-refractivity contribution is -0.137. The van der Waals surface area contributed by atoms with E-state index in [1.54, 1.807) is 0 Å². The van der Waals surface area contributed by atoms with Crippen LogP contribution in [-0.2, 0) is 6.18 Å². The fourth-order valence-electron chi connectivity index (χ4n) is 2.62. The molecule has 0 radical (unpaired) electrons. The zero-order valence-electron chi connectivity index (χ0n) is 14.9. The molecule has 0 spiro atoms. The number of rotatable bonds is 5. The quantitative estimate of drug-likeness (QED) is 0.677. The monoisotopic (exact) mass is 386 g/mol. The van der Waals surface area contributed by atoms with Crippen molar-refractivity contribution in [2.45, 2.75) is 13.1 Å². The van der Waals surface area contributed by atoms with Gasteiger partial charge in [0.1, 0.15) is 5.69 Å². The Morgan fingerprint density at radius 2 is 1.82 bits per heavy atom. The summed E-state index contributed by atoms with van der Waals surface area (Å²) in [5, 5.41) is 2.45. The Bertz CT molecular complexity index is 961. The summed E-state index contributed by atoms with van der Waals surface area (Å²) in [7, 11) is 0. The van der Waals surface area contributed by atoms with Gasteiger partial charge in [-0.15, -0.1) is 0 Å². The molecule has 144 valence electrons. The van der Waals surface area contributed by atoms with E-state index in [9.17, 15) is 18.0 Å². The summed E-state index contributed by atoms with van der Waals surface area (Å²) < 4.78 is 38.5. The van der Waals surface area contributed by atoms with Crippen LogP contribution < -0.4 is 10.2 Å². The van der Waals surface area contributed by atoms with Crippen LogP contribution in [0.2, 0.25) is 0 Å². The molecule has 3 rings (SSSR count). The minimum atomic E-state index is -4.49. The molecule has 0 atom stereocenters. The maximum absolute atomic E-state index is 12.8. The van der Waals surface area contributed by atoms with E-state index in [-0.39, 0.29) is 11.4 Å². The molecule has 3 aromatic rings. The molecule has 0 aliphatic heterocycles. The van der Waals surface area contributed by atoms with Crippen LogP contribution in [-0.4, -0.2) is 22.4 Å². The SMILES string of the molecule is CCN(c1ccccc1)c1nccc(C(=O)Nc2cccc(C(F)(F)F)c2)n1. The van der Waals surface area contributed by atoms with Gasteiger partial charge >= 0.3 is 6.18 Å². The number of aromatic nitrogens is 2. The summed E-state index contributed by atoms with van der Waals surface area (Å²) in [6, 6.07) is 15.3. The Hall–Kier alpha value is -3.42. The first-order valence-corrected chi connectivity index (χ1v) is 8.52. The summed E-state index contributed by atoms with van der Waals surface area (Å²) in [5.74, 6) is -0.294. The molecule has 1 aromatic heterocycles. The number of nitrogens with zero attached hydrogens (tertiary/aromatic N) is 3. The molecule has 1 N–H and O–H groups in total. The third kappa shape index (κ3) is 4.46. The van der Waals surface area contributed by atoms with E-state index in [0.717, 1.165) is 17.8 Å². The second-order valence-corrected chi connectivity index (χ2v) is 5.85. The maximum Gasteiger partial charge on any atom is 0.416 e. The number of para-hydroxylation sites is 1. The number of benzene rings is 2. The summed E-state index contributed by atoms with van der Waals surface area (Å²) in [6.45, 7) is 2.49. The van der Waals surface area contributed by atoms with Crippen LogP contribution in [0.3, 0.4) is 0 Å². The van der Waals surface area contributed by atoms with Gasteiger partial charge in [-0.05, 0) is 43.3 Å². The van der Waals surface area contributed by atoms with Crippen molar-refractivity contribution in [1.29, 1.82) is 0 Å². The average molecular weight is 386 g/mol. The Kier molecular flexibility index (Phi) is 5.58. The summed E-state index contributed by atoms with van der Waals surface area (Å²) in [6.07, 6.45) is -3.05. The van der Waals surface area contributed by atoms with Crippen LogP contribution in [0.4, 0.5) is 30.5 Å². The van der Waals surface area contributed by atoms with Crippen LogP contribution in [0.15, 0.2) is 66.9 Å². The van der Waals surface area contributed by atoms with Crippen LogP contribution in [0, 0.1) is 0 Å². The Morgan fingerprint density at radius 1 is 1.07 bits per heavy atom. The normalized spacial score (nSPS) is 11.1.